The lowest BCUT2D eigenvalue weighted by atomic mass is 10.2. The van der Waals surface area contributed by atoms with E-state index < -0.39 is 10.0 Å². The third kappa shape index (κ3) is 4.34. The van der Waals surface area contributed by atoms with Crippen molar-refractivity contribution in [2.45, 2.75) is 25.7 Å². The van der Waals surface area contributed by atoms with Crippen molar-refractivity contribution >= 4 is 38.6 Å². The van der Waals surface area contributed by atoms with Gasteiger partial charge in [-0.2, -0.15) is 0 Å². The number of amides is 1. The van der Waals surface area contributed by atoms with Gasteiger partial charge in [0, 0.05) is 11.4 Å². The highest BCUT2D eigenvalue weighted by molar-refractivity contribution is 7.92. The summed E-state index contributed by atoms with van der Waals surface area (Å²) >= 11 is 1.39. The molecule has 0 unspecified atom stereocenters. The first-order chi connectivity index (χ1) is 14.3. The fourth-order valence-electron chi connectivity index (χ4n) is 3.03. The van der Waals surface area contributed by atoms with Crippen LogP contribution in [-0.4, -0.2) is 28.0 Å². The number of nitrogens with zero attached hydrogens (tertiary/aromatic N) is 1. The molecule has 1 heterocycles. The Hall–Kier alpha value is -2.84. The molecule has 2 aromatic carbocycles. The molecule has 0 atom stereocenters. The predicted octanol–water partition coefficient (Wildman–Crippen LogP) is 4.84. The minimum atomic E-state index is -3.83. The smallest absolute Gasteiger partial charge is 0.265 e. The second-order valence-electron chi connectivity index (χ2n) is 6.67. The van der Waals surface area contributed by atoms with Gasteiger partial charge in [0.05, 0.1) is 28.3 Å². The van der Waals surface area contributed by atoms with Gasteiger partial charge < -0.3 is 10.1 Å². The normalized spacial score (nSPS) is 11.2. The van der Waals surface area contributed by atoms with Gasteiger partial charge in [-0.15, -0.1) is 11.3 Å². The number of hydrogen-bond acceptors (Lipinski definition) is 5. The number of nitrogens with one attached hydrogen (secondary N) is 1. The number of benzene rings is 2. The molecular weight excluding hydrogens is 420 g/mol. The summed E-state index contributed by atoms with van der Waals surface area (Å²) in [6.45, 7) is 5.94. The van der Waals surface area contributed by atoms with E-state index >= 15 is 0 Å². The molecule has 0 aliphatic heterocycles. The SMILES string of the molecule is CCN(c1ccccc1)S(=O)(=O)c1ccc(OC)c(NC(=O)c2cc(C)c(C)s2)c1. The van der Waals surface area contributed by atoms with E-state index in [9.17, 15) is 13.2 Å². The molecule has 30 heavy (non-hydrogen) atoms. The topological polar surface area (TPSA) is 75.7 Å². The second-order valence-corrected chi connectivity index (χ2v) is 9.79. The highest BCUT2D eigenvalue weighted by atomic mass is 32.2. The molecule has 1 aromatic heterocycles. The molecule has 3 aromatic rings. The predicted molar refractivity (Wildman–Crippen MR) is 121 cm³/mol. The molecule has 0 fully saturated rings. The molecule has 0 bridgehead atoms. The zero-order valence-corrected chi connectivity index (χ0v) is 18.9. The van der Waals surface area contributed by atoms with Gasteiger partial charge in [-0.1, -0.05) is 18.2 Å². The molecular formula is C22H24N2O4S2. The van der Waals surface area contributed by atoms with E-state index in [4.69, 9.17) is 4.74 Å². The van der Waals surface area contributed by atoms with Crippen LogP contribution in [0.1, 0.15) is 27.0 Å². The number of hydrogen-bond donors (Lipinski definition) is 1. The van der Waals surface area contributed by atoms with Gasteiger partial charge in [-0.05, 0) is 62.7 Å². The molecule has 1 N–H and O–H groups in total. The number of methoxy groups -OCH3 is 1. The first-order valence-electron chi connectivity index (χ1n) is 9.42. The van der Waals surface area contributed by atoms with Crippen LogP contribution in [0.3, 0.4) is 0 Å². The molecule has 1 amide bonds. The van der Waals surface area contributed by atoms with Gasteiger partial charge in [0.1, 0.15) is 5.75 Å². The number of carbonyl (C=O) groups excluding carboxylic acids is 1. The molecule has 158 valence electrons. The van der Waals surface area contributed by atoms with Crippen LogP contribution in [0.5, 0.6) is 5.75 Å². The van der Waals surface area contributed by atoms with E-state index in [1.54, 1.807) is 37.3 Å². The van der Waals surface area contributed by atoms with Crippen LogP contribution in [0.15, 0.2) is 59.5 Å². The van der Waals surface area contributed by atoms with Crippen LogP contribution in [0.4, 0.5) is 11.4 Å². The Balaban J connectivity index is 1.98. The highest BCUT2D eigenvalue weighted by Gasteiger charge is 2.25. The second kappa shape index (κ2) is 8.89. The molecule has 8 heteroatoms. The number of anilines is 2. The largest absolute Gasteiger partial charge is 0.495 e. The third-order valence-corrected chi connectivity index (χ3v) is 7.78. The van der Waals surface area contributed by atoms with Crippen molar-refractivity contribution in [2.24, 2.45) is 0 Å². The number of aryl methyl sites for hydroxylation is 2. The quantitative estimate of drug-likeness (QED) is 0.566. The first kappa shape index (κ1) is 21.9. The van der Waals surface area contributed by atoms with Crippen molar-refractivity contribution < 1.29 is 17.9 Å². The van der Waals surface area contributed by atoms with E-state index in [1.807, 2.05) is 26.0 Å². The van der Waals surface area contributed by atoms with Crippen molar-refractivity contribution in [3.63, 3.8) is 0 Å². The molecule has 0 aliphatic rings. The summed E-state index contributed by atoms with van der Waals surface area (Å²) in [4.78, 5) is 14.4. The average Bonchev–Trinajstić information content (AvgIpc) is 3.07. The van der Waals surface area contributed by atoms with E-state index in [-0.39, 0.29) is 17.3 Å². The number of sulfonamides is 1. The average molecular weight is 445 g/mol. The Morgan fingerprint density at radius 2 is 1.80 bits per heavy atom. The fourth-order valence-corrected chi connectivity index (χ4v) is 5.46. The summed E-state index contributed by atoms with van der Waals surface area (Å²) < 4.78 is 33.2. The minimum Gasteiger partial charge on any atom is -0.495 e. The maximum Gasteiger partial charge on any atom is 0.265 e. The summed E-state index contributed by atoms with van der Waals surface area (Å²) in [7, 11) is -2.35. The molecule has 0 spiro atoms. The fraction of sp³-hybridized carbons (Fsp3) is 0.227. The van der Waals surface area contributed by atoms with E-state index in [0.717, 1.165) is 10.4 Å². The van der Waals surface area contributed by atoms with Crippen LogP contribution in [0.2, 0.25) is 0 Å². The molecule has 0 saturated carbocycles. The van der Waals surface area contributed by atoms with E-state index in [2.05, 4.69) is 5.32 Å². The molecule has 0 saturated heterocycles. The standard InChI is InChI=1S/C22H24N2O4S2/c1-5-24(17-9-7-6-8-10-17)30(26,27)18-11-12-20(28-4)19(14-18)23-22(25)21-13-15(2)16(3)29-21/h6-14H,5H2,1-4H3,(H,23,25). The van der Waals surface area contributed by atoms with E-state index in [0.29, 0.717) is 22.0 Å². The zero-order valence-electron chi connectivity index (χ0n) is 17.3. The number of para-hydroxylation sites is 1. The first-order valence-corrected chi connectivity index (χ1v) is 11.7. The Morgan fingerprint density at radius 3 is 2.37 bits per heavy atom. The highest BCUT2D eigenvalue weighted by Crippen LogP contribution is 2.31. The van der Waals surface area contributed by atoms with Crippen LogP contribution in [0.25, 0.3) is 0 Å². The zero-order chi connectivity index (χ0) is 21.9. The summed E-state index contributed by atoms with van der Waals surface area (Å²) in [5.41, 5.74) is 1.91. The Labute approximate surface area is 181 Å². The number of ether oxygens (including phenoxy) is 1. The van der Waals surface area contributed by atoms with Crippen molar-refractivity contribution in [3.8, 4) is 5.75 Å². The summed E-state index contributed by atoms with van der Waals surface area (Å²) in [5.74, 6) is 0.0783. The van der Waals surface area contributed by atoms with Crippen LogP contribution in [-0.2, 0) is 10.0 Å². The third-order valence-electron chi connectivity index (χ3n) is 4.73. The Kier molecular flexibility index (Phi) is 6.48. The maximum absolute atomic E-state index is 13.3. The Morgan fingerprint density at radius 1 is 1.10 bits per heavy atom. The van der Waals surface area contributed by atoms with Gasteiger partial charge in [-0.3, -0.25) is 9.10 Å². The number of thiophene rings is 1. The van der Waals surface area contributed by atoms with Gasteiger partial charge in [0.15, 0.2) is 0 Å². The van der Waals surface area contributed by atoms with Gasteiger partial charge in [0.2, 0.25) is 0 Å². The number of rotatable bonds is 7. The molecule has 6 nitrogen and oxygen atoms in total. The van der Waals surface area contributed by atoms with Gasteiger partial charge in [-0.25, -0.2) is 8.42 Å². The van der Waals surface area contributed by atoms with E-state index in [1.165, 1.54) is 34.9 Å². The monoisotopic (exact) mass is 444 g/mol. The lowest BCUT2D eigenvalue weighted by molar-refractivity contribution is 0.103. The molecule has 0 aliphatic carbocycles. The summed E-state index contributed by atoms with van der Waals surface area (Å²) in [5, 5.41) is 2.79. The summed E-state index contributed by atoms with van der Waals surface area (Å²) in [6, 6.07) is 15.2. The van der Waals surface area contributed by atoms with Crippen molar-refractivity contribution in [1.29, 1.82) is 0 Å². The van der Waals surface area contributed by atoms with Crippen LogP contribution >= 0.6 is 11.3 Å². The van der Waals surface area contributed by atoms with Gasteiger partial charge >= 0.3 is 0 Å². The van der Waals surface area contributed by atoms with Crippen molar-refractivity contribution in [2.75, 3.05) is 23.3 Å². The summed E-state index contributed by atoms with van der Waals surface area (Å²) in [6.07, 6.45) is 0. The lowest BCUT2D eigenvalue weighted by Crippen LogP contribution is -2.30. The number of carbonyl (C=O) groups is 1. The molecule has 0 radical (unpaired) electrons. The van der Waals surface area contributed by atoms with Gasteiger partial charge in [0.25, 0.3) is 15.9 Å². The van der Waals surface area contributed by atoms with Crippen molar-refractivity contribution in [3.05, 3.63) is 69.9 Å². The lowest BCUT2D eigenvalue weighted by Gasteiger charge is -2.23. The molecule has 3 rings (SSSR count). The maximum atomic E-state index is 13.3. The minimum absolute atomic E-state index is 0.0721. The van der Waals surface area contributed by atoms with Crippen molar-refractivity contribution in [1.82, 2.24) is 0 Å². The van der Waals surface area contributed by atoms with Crippen LogP contribution < -0.4 is 14.4 Å². The van der Waals surface area contributed by atoms with Crippen LogP contribution in [0, 0.1) is 13.8 Å². The Bertz CT molecular complexity index is 1140.